The standard InChI is InChI=1S/C16H28N4/c1-5-17-16(18-11-6-12-20(3)4)19-13-15-9-7-14(2)8-10-15/h7-10H,5-6,11-13H2,1-4H3,(H2,17,18,19). The highest BCUT2D eigenvalue weighted by atomic mass is 15.2. The summed E-state index contributed by atoms with van der Waals surface area (Å²) in [5.74, 6) is 0.895. The average Bonchev–Trinajstić information content (AvgIpc) is 2.42. The Morgan fingerprint density at radius 2 is 1.85 bits per heavy atom. The second kappa shape index (κ2) is 9.37. The van der Waals surface area contributed by atoms with Crippen LogP contribution in [-0.2, 0) is 6.54 Å². The lowest BCUT2D eigenvalue weighted by atomic mass is 10.1. The molecule has 0 aliphatic rings. The largest absolute Gasteiger partial charge is 0.357 e. The minimum Gasteiger partial charge on any atom is -0.357 e. The highest BCUT2D eigenvalue weighted by Gasteiger charge is 1.98. The number of rotatable bonds is 7. The van der Waals surface area contributed by atoms with Crippen molar-refractivity contribution in [2.75, 3.05) is 33.7 Å². The van der Waals surface area contributed by atoms with E-state index in [-0.39, 0.29) is 0 Å². The topological polar surface area (TPSA) is 39.7 Å². The lowest BCUT2D eigenvalue weighted by Crippen LogP contribution is -2.38. The number of guanidine groups is 1. The van der Waals surface area contributed by atoms with Crippen LogP contribution in [0.15, 0.2) is 29.3 Å². The number of hydrogen-bond acceptors (Lipinski definition) is 2. The minimum absolute atomic E-state index is 0.712. The van der Waals surface area contributed by atoms with Crippen molar-refractivity contribution in [3.8, 4) is 0 Å². The third kappa shape index (κ3) is 7.14. The van der Waals surface area contributed by atoms with E-state index in [0.717, 1.165) is 32.0 Å². The molecule has 0 spiro atoms. The van der Waals surface area contributed by atoms with Crippen LogP contribution in [0.25, 0.3) is 0 Å². The second-order valence-electron chi connectivity index (χ2n) is 5.26. The van der Waals surface area contributed by atoms with E-state index in [1.807, 2.05) is 0 Å². The van der Waals surface area contributed by atoms with Crippen LogP contribution in [0.2, 0.25) is 0 Å². The van der Waals surface area contributed by atoms with Gasteiger partial charge in [-0.25, -0.2) is 4.99 Å². The third-order valence-electron chi connectivity index (χ3n) is 2.96. The fraction of sp³-hybridized carbons (Fsp3) is 0.562. The van der Waals surface area contributed by atoms with Gasteiger partial charge in [0.1, 0.15) is 0 Å². The first kappa shape index (κ1) is 16.5. The van der Waals surface area contributed by atoms with E-state index in [9.17, 15) is 0 Å². The van der Waals surface area contributed by atoms with Crippen molar-refractivity contribution >= 4 is 5.96 Å². The summed E-state index contributed by atoms with van der Waals surface area (Å²) in [5, 5.41) is 6.65. The summed E-state index contributed by atoms with van der Waals surface area (Å²) in [6.45, 7) is 7.81. The average molecular weight is 276 g/mol. The Morgan fingerprint density at radius 1 is 1.15 bits per heavy atom. The van der Waals surface area contributed by atoms with Crippen molar-refractivity contribution < 1.29 is 0 Å². The quantitative estimate of drug-likeness (QED) is 0.454. The Hall–Kier alpha value is -1.55. The summed E-state index contributed by atoms with van der Waals surface area (Å²) >= 11 is 0. The van der Waals surface area contributed by atoms with Gasteiger partial charge in [-0.3, -0.25) is 0 Å². The van der Waals surface area contributed by atoms with Crippen LogP contribution >= 0.6 is 0 Å². The highest BCUT2D eigenvalue weighted by Crippen LogP contribution is 2.04. The Labute approximate surface area is 123 Å². The van der Waals surface area contributed by atoms with Gasteiger partial charge in [-0.15, -0.1) is 0 Å². The molecule has 0 aromatic heterocycles. The summed E-state index contributed by atoms with van der Waals surface area (Å²) < 4.78 is 0. The van der Waals surface area contributed by atoms with Gasteiger partial charge in [-0.2, -0.15) is 0 Å². The molecule has 1 aromatic rings. The fourth-order valence-electron chi connectivity index (χ4n) is 1.81. The molecular formula is C16H28N4. The van der Waals surface area contributed by atoms with Gasteiger partial charge in [-0.05, 0) is 46.5 Å². The van der Waals surface area contributed by atoms with E-state index in [0.29, 0.717) is 6.54 Å². The van der Waals surface area contributed by atoms with Crippen molar-refractivity contribution in [2.24, 2.45) is 4.99 Å². The normalized spacial score (nSPS) is 11.8. The van der Waals surface area contributed by atoms with Crippen LogP contribution in [0.1, 0.15) is 24.5 Å². The van der Waals surface area contributed by atoms with Gasteiger partial charge < -0.3 is 15.5 Å². The summed E-state index contributed by atoms with van der Waals surface area (Å²) in [6, 6.07) is 8.52. The molecule has 0 atom stereocenters. The van der Waals surface area contributed by atoms with Gasteiger partial charge in [0.15, 0.2) is 5.96 Å². The zero-order valence-corrected chi connectivity index (χ0v) is 13.2. The Balaban J connectivity index is 2.43. The van der Waals surface area contributed by atoms with Crippen molar-refractivity contribution in [1.82, 2.24) is 15.5 Å². The molecule has 0 unspecified atom stereocenters. The number of hydrogen-bond donors (Lipinski definition) is 2. The zero-order valence-electron chi connectivity index (χ0n) is 13.2. The first-order valence-corrected chi connectivity index (χ1v) is 7.34. The number of nitrogens with one attached hydrogen (secondary N) is 2. The van der Waals surface area contributed by atoms with Crippen LogP contribution in [0.4, 0.5) is 0 Å². The van der Waals surface area contributed by atoms with Crippen LogP contribution in [-0.4, -0.2) is 44.6 Å². The van der Waals surface area contributed by atoms with Crippen molar-refractivity contribution in [1.29, 1.82) is 0 Å². The molecule has 112 valence electrons. The Morgan fingerprint density at radius 3 is 2.45 bits per heavy atom. The van der Waals surface area contributed by atoms with Crippen LogP contribution in [0.3, 0.4) is 0 Å². The fourth-order valence-corrected chi connectivity index (χ4v) is 1.81. The molecule has 0 bridgehead atoms. The van der Waals surface area contributed by atoms with Gasteiger partial charge in [0.25, 0.3) is 0 Å². The maximum absolute atomic E-state index is 4.61. The smallest absolute Gasteiger partial charge is 0.191 e. The molecule has 4 nitrogen and oxygen atoms in total. The third-order valence-corrected chi connectivity index (χ3v) is 2.96. The number of aliphatic imine (C=N–C) groups is 1. The molecule has 0 fully saturated rings. The number of aryl methyl sites for hydroxylation is 1. The van der Waals surface area contributed by atoms with Gasteiger partial charge in [0.05, 0.1) is 6.54 Å². The summed E-state index contributed by atoms with van der Waals surface area (Å²) in [5.41, 5.74) is 2.52. The molecule has 0 aliphatic heterocycles. The molecular weight excluding hydrogens is 248 g/mol. The molecule has 2 N–H and O–H groups in total. The summed E-state index contributed by atoms with van der Waals surface area (Å²) in [7, 11) is 4.19. The zero-order chi connectivity index (χ0) is 14.8. The molecule has 20 heavy (non-hydrogen) atoms. The van der Waals surface area contributed by atoms with Crippen molar-refractivity contribution in [3.05, 3.63) is 35.4 Å². The predicted octanol–water partition coefficient (Wildman–Crippen LogP) is 2.00. The Kier molecular flexibility index (Phi) is 7.73. The number of nitrogens with zero attached hydrogens (tertiary/aromatic N) is 2. The lowest BCUT2D eigenvalue weighted by Gasteiger charge is -2.13. The molecule has 0 saturated heterocycles. The summed E-state index contributed by atoms with van der Waals surface area (Å²) in [6.07, 6.45) is 1.11. The first-order valence-electron chi connectivity index (χ1n) is 7.34. The van der Waals surface area contributed by atoms with Gasteiger partial charge in [0, 0.05) is 13.1 Å². The molecule has 0 aliphatic carbocycles. The maximum Gasteiger partial charge on any atom is 0.191 e. The monoisotopic (exact) mass is 276 g/mol. The SMILES string of the molecule is CCNC(=NCc1ccc(C)cc1)NCCCN(C)C. The first-order chi connectivity index (χ1) is 9.61. The molecule has 0 heterocycles. The van der Waals surface area contributed by atoms with Crippen LogP contribution in [0.5, 0.6) is 0 Å². The van der Waals surface area contributed by atoms with Crippen LogP contribution < -0.4 is 10.6 Å². The molecule has 1 aromatic carbocycles. The molecule has 0 saturated carbocycles. The molecule has 0 radical (unpaired) electrons. The van der Waals surface area contributed by atoms with Gasteiger partial charge in [0.2, 0.25) is 0 Å². The highest BCUT2D eigenvalue weighted by molar-refractivity contribution is 5.79. The van der Waals surface area contributed by atoms with Crippen molar-refractivity contribution in [2.45, 2.75) is 26.8 Å². The van der Waals surface area contributed by atoms with E-state index in [4.69, 9.17) is 0 Å². The Bertz CT molecular complexity index is 395. The van der Waals surface area contributed by atoms with Crippen molar-refractivity contribution in [3.63, 3.8) is 0 Å². The van der Waals surface area contributed by atoms with E-state index >= 15 is 0 Å². The molecule has 4 heteroatoms. The maximum atomic E-state index is 4.61. The van der Waals surface area contributed by atoms with E-state index in [1.165, 1.54) is 11.1 Å². The number of benzene rings is 1. The lowest BCUT2D eigenvalue weighted by molar-refractivity contribution is 0.399. The molecule has 0 amide bonds. The van der Waals surface area contributed by atoms with Crippen LogP contribution in [0, 0.1) is 6.92 Å². The van der Waals surface area contributed by atoms with Gasteiger partial charge >= 0.3 is 0 Å². The van der Waals surface area contributed by atoms with E-state index < -0.39 is 0 Å². The van der Waals surface area contributed by atoms with Gasteiger partial charge in [-0.1, -0.05) is 29.8 Å². The minimum atomic E-state index is 0.712. The predicted molar refractivity (Wildman–Crippen MR) is 87.2 cm³/mol. The van der Waals surface area contributed by atoms with E-state index in [1.54, 1.807) is 0 Å². The summed E-state index contributed by atoms with van der Waals surface area (Å²) in [4.78, 5) is 6.80. The molecule has 1 rings (SSSR count). The van der Waals surface area contributed by atoms with E-state index in [2.05, 4.69) is 72.7 Å². The second-order valence-corrected chi connectivity index (χ2v) is 5.26.